The fourth-order valence-electron chi connectivity index (χ4n) is 1.25. The van der Waals surface area contributed by atoms with E-state index in [4.69, 9.17) is 17.3 Å². The molecule has 0 amide bonds. The second-order valence-electron chi connectivity index (χ2n) is 3.20. The molecule has 2 aromatic rings. The molecule has 0 fully saturated rings. The Bertz CT molecular complexity index is 516. The van der Waals surface area contributed by atoms with Crippen molar-refractivity contribution in [2.45, 2.75) is 0 Å². The van der Waals surface area contributed by atoms with Crippen LogP contribution in [0.25, 0.3) is 0 Å². The Kier molecular flexibility index (Phi) is 3.50. The summed E-state index contributed by atoms with van der Waals surface area (Å²) >= 11 is 8.09. The highest BCUT2D eigenvalue weighted by Gasteiger charge is 2.01. The summed E-state index contributed by atoms with van der Waals surface area (Å²) in [7, 11) is 0. The fourth-order valence-corrected chi connectivity index (χ4v) is 2.26. The number of halogens is 2. The Hall–Kier alpha value is -1.01. The molecule has 0 aliphatic heterocycles. The number of aromatic nitrogens is 1. The Morgan fingerprint density at radius 1 is 1.25 bits per heavy atom. The number of anilines is 3. The molecule has 0 atom stereocenters. The summed E-state index contributed by atoms with van der Waals surface area (Å²) in [6, 6.07) is 11.1. The van der Waals surface area contributed by atoms with Gasteiger partial charge in [-0.15, -0.1) is 0 Å². The van der Waals surface area contributed by atoms with Gasteiger partial charge in [0.2, 0.25) is 0 Å². The molecule has 0 radical (unpaired) electrons. The monoisotopic (exact) mass is 345 g/mol. The molecule has 0 spiro atoms. The van der Waals surface area contributed by atoms with Crippen molar-refractivity contribution in [1.82, 2.24) is 4.98 Å². The van der Waals surface area contributed by atoms with E-state index in [0.717, 1.165) is 20.1 Å². The second-order valence-corrected chi connectivity index (χ2v) is 4.80. The van der Waals surface area contributed by atoms with Gasteiger partial charge in [0.05, 0.1) is 5.69 Å². The van der Waals surface area contributed by atoms with E-state index >= 15 is 0 Å². The lowest BCUT2D eigenvalue weighted by molar-refractivity contribution is 1.31. The molecular weight excluding hydrogens is 336 g/mol. The third-order valence-corrected chi connectivity index (χ3v) is 3.09. The summed E-state index contributed by atoms with van der Waals surface area (Å²) in [4.78, 5) is 4.16. The van der Waals surface area contributed by atoms with Crippen LogP contribution in [0.3, 0.4) is 0 Å². The van der Waals surface area contributed by atoms with Gasteiger partial charge in [-0.2, -0.15) is 0 Å². The van der Waals surface area contributed by atoms with Gasteiger partial charge in [-0.05, 0) is 52.9 Å². The summed E-state index contributed by atoms with van der Waals surface area (Å²) < 4.78 is 1.04. The normalized spacial score (nSPS) is 10.1. The van der Waals surface area contributed by atoms with Gasteiger partial charge < -0.3 is 11.1 Å². The molecule has 1 aromatic carbocycles. The van der Waals surface area contributed by atoms with E-state index in [1.165, 1.54) is 0 Å². The predicted molar refractivity (Wildman–Crippen MR) is 76.1 cm³/mol. The van der Waals surface area contributed by atoms with Gasteiger partial charge in [0, 0.05) is 8.59 Å². The minimum absolute atomic E-state index is 0.494. The molecule has 0 aliphatic rings. The Labute approximate surface area is 112 Å². The molecule has 0 unspecified atom stereocenters. The zero-order valence-corrected chi connectivity index (χ0v) is 11.2. The first-order valence-corrected chi connectivity index (χ1v) is 6.05. The number of hydrogen-bond donors (Lipinski definition) is 2. The lowest BCUT2D eigenvalue weighted by atomic mass is 10.3. The molecule has 0 bridgehead atoms. The van der Waals surface area contributed by atoms with Crippen LogP contribution in [0.5, 0.6) is 0 Å². The molecule has 1 heterocycles. The van der Waals surface area contributed by atoms with Crippen molar-refractivity contribution in [2.24, 2.45) is 0 Å². The van der Waals surface area contributed by atoms with Crippen molar-refractivity contribution in [1.29, 1.82) is 0 Å². The quantitative estimate of drug-likeness (QED) is 0.817. The molecular formula is C11H9ClIN3. The Morgan fingerprint density at radius 3 is 2.75 bits per heavy atom. The minimum atomic E-state index is 0.494. The fraction of sp³-hybridized carbons (Fsp3) is 0. The van der Waals surface area contributed by atoms with E-state index in [9.17, 15) is 0 Å². The highest BCUT2D eigenvalue weighted by molar-refractivity contribution is 14.1. The SMILES string of the molecule is Nc1cccc(Nc2ccc(Cl)cc2I)n1. The lowest BCUT2D eigenvalue weighted by Crippen LogP contribution is -1.97. The van der Waals surface area contributed by atoms with E-state index in [1.807, 2.05) is 30.3 Å². The molecule has 16 heavy (non-hydrogen) atoms. The highest BCUT2D eigenvalue weighted by atomic mass is 127. The van der Waals surface area contributed by atoms with Crippen molar-refractivity contribution >= 4 is 51.5 Å². The molecule has 0 aliphatic carbocycles. The van der Waals surface area contributed by atoms with Crippen molar-refractivity contribution in [2.75, 3.05) is 11.1 Å². The number of benzene rings is 1. The first-order valence-electron chi connectivity index (χ1n) is 4.60. The van der Waals surface area contributed by atoms with Gasteiger partial charge in [-0.1, -0.05) is 17.7 Å². The van der Waals surface area contributed by atoms with Crippen molar-refractivity contribution < 1.29 is 0 Å². The van der Waals surface area contributed by atoms with Crippen LogP contribution in [-0.2, 0) is 0 Å². The van der Waals surface area contributed by atoms with Crippen molar-refractivity contribution in [3.05, 3.63) is 45.0 Å². The lowest BCUT2D eigenvalue weighted by Gasteiger charge is -2.08. The summed E-state index contributed by atoms with van der Waals surface area (Å²) in [5, 5.41) is 3.90. The highest BCUT2D eigenvalue weighted by Crippen LogP contribution is 2.24. The molecule has 5 heteroatoms. The molecule has 0 saturated carbocycles. The average Bonchev–Trinajstić information content (AvgIpc) is 2.22. The summed E-state index contributed by atoms with van der Waals surface area (Å²) in [6.45, 7) is 0. The second kappa shape index (κ2) is 4.88. The number of nitrogens with zero attached hydrogens (tertiary/aromatic N) is 1. The molecule has 3 nitrogen and oxygen atoms in total. The maximum absolute atomic E-state index is 5.88. The third kappa shape index (κ3) is 2.76. The Morgan fingerprint density at radius 2 is 2.06 bits per heavy atom. The van der Waals surface area contributed by atoms with Crippen molar-refractivity contribution in [3.8, 4) is 0 Å². The number of rotatable bonds is 2. The number of pyridine rings is 1. The predicted octanol–water partition coefficient (Wildman–Crippen LogP) is 3.67. The van der Waals surface area contributed by atoms with E-state index < -0.39 is 0 Å². The van der Waals surface area contributed by atoms with E-state index in [1.54, 1.807) is 6.07 Å². The molecule has 1 aromatic heterocycles. The van der Waals surface area contributed by atoms with Crippen LogP contribution >= 0.6 is 34.2 Å². The number of hydrogen-bond acceptors (Lipinski definition) is 3. The van der Waals surface area contributed by atoms with Gasteiger partial charge in [-0.25, -0.2) is 4.98 Å². The zero-order chi connectivity index (χ0) is 11.5. The van der Waals surface area contributed by atoms with Crippen LogP contribution in [-0.4, -0.2) is 4.98 Å². The van der Waals surface area contributed by atoms with E-state index in [2.05, 4.69) is 32.9 Å². The molecule has 0 saturated heterocycles. The first-order chi connectivity index (χ1) is 7.65. The van der Waals surface area contributed by atoms with Crippen LogP contribution < -0.4 is 11.1 Å². The van der Waals surface area contributed by atoms with Gasteiger partial charge >= 0.3 is 0 Å². The van der Waals surface area contributed by atoms with Gasteiger partial charge in [-0.3, -0.25) is 0 Å². The maximum atomic E-state index is 5.88. The molecule has 3 N–H and O–H groups in total. The average molecular weight is 346 g/mol. The smallest absolute Gasteiger partial charge is 0.132 e. The Balaban J connectivity index is 2.27. The van der Waals surface area contributed by atoms with Crippen LogP contribution in [0, 0.1) is 3.57 Å². The van der Waals surface area contributed by atoms with Crippen LogP contribution in [0.4, 0.5) is 17.3 Å². The van der Waals surface area contributed by atoms with Crippen LogP contribution in [0.15, 0.2) is 36.4 Å². The molecule has 2 rings (SSSR count). The first kappa shape index (κ1) is 11.5. The third-order valence-electron chi connectivity index (χ3n) is 1.96. The maximum Gasteiger partial charge on any atom is 0.132 e. The summed E-state index contributed by atoms with van der Waals surface area (Å²) in [6.07, 6.45) is 0. The molecule has 82 valence electrons. The van der Waals surface area contributed by atoms with Crippen LogP contribution in [0.1, 0.15) is 0 Å². The van der Waals surface area contributed by atoms with E-state index in [0.29, 0.717) is 5.82 Å². The minimum Gasteiger partial charge on any atom is -0.384 e. The van der Waals surface area contributed by atoms with Gasteiger partial charge in [0.1, 0.15) is 11.6 Å². The van der Waals surface area contributed by atoms with Crippen LogP contribution in [0.2, 0.25) is 5.02 Å². The summed E-state index contributed by atoms with van der Waals surface area (Å²) in [5.74, 6) is 1.22. The number of nitrogens with one attached hydrogen (secondary N) is 1. The van der Waals surface area contributed by atoms with E-state index in [-0.39, 0.29) is 0 Å². The topological polar surface area (TPSA) is 50.9 Å². The van der Waals surface area contributed by atoms with Gasteiger partial charge in [0.25, 0.3) is 0 Å². The van der Waals surface area contributed by atoms with Gasteiger partial charge in [0.15, 0.2) is 0 Å². The largest absolute Gasteiger partial charge is 0.384 e. The number of nitrogens with two attached hydrogens (primary N) is 1. The summed E-state index contributed by atoms with van der Waals surface area (Å²) in [5.41, 5.74) is 6.56. The standard InChI is InChI=1S/C11H9ClIN3/c12-7-4-5-9(8(13)6-7)15-11-3-1-2-10(14)16-11/h1-6H,(H3,14,15,16). The van der Waals surface area contributed by atoms with Crippen molar-refractivity contribution in [3.63, 3.8) is 0 Å². The zero-order valence-electron chi connectivity index (χ0n) is 8.24. The number of nitrogen functional groups attached to an aromatic ring is 1.